The molecule has 0 bridgehead atoms. The van der Waals surface area contributed by atoms with Gasteiger partial charge in [-0.05, 0) is 42.9 Å². The van der Waals surface area contributed by atoms with E-state index < -0.39 is 0 Å². The van der Waals surface area contributed by atoms with Crippen molar-refractivity contribution < 1.29 is 9.53 Å². The molecule has 2 rings (SSSR count). The summed E-state index contributed by atoms with van der Waals surface area (Å²) in [5.74, 6) is 1.48. The molecule has 0 spiro atoms. The van der Waals surface area contributed by atoms with Gasteiger partial charge in [-0.3, -0.25) is 0 Å². The summed E-state index contributed by atoms with van der Waals surface area (Å²) in [6, 6.07) is 8.11. The van der Waals surface area contributed by atoms with Crippen LogP contribution in [0.5, 0.6) is 5.75 Å². The lowest BCUT2D eigenvalue weighted by atomic mass is 9.96. The summed E-state index contributed by atoms with van der Waals surface area (Å²) in [4.78, 5) is 11.8. The quantitative estimate of drug-likeness (QED) is 0.811. The van der Waals surface area contributed by atoms with Crippen molar-refractivity contribution in [1.29, 1.82) is 0 Å². The molecule has 21 heavy (non-hydrogen) atoms. The Kier molecular flexibility index (Phi) is 5.10. The largest absolute Gasteiger partial charge is 0.497 e. The Balaban J connectivity index is 1.80. The summed E-state index contributed by atoms with van der Waals surface area (Å²) in [6.07, 6.45) is 3.27. The van der Waals surface area contributed by atoms with Crippen molar-refractivity contribution >= 4 is 6.03 Å². The van der Waals surface area contributed by atoms with E-state index in [2.05, 4.69) is 36.6 Å². The first-order chi connectivity index (χ1) is 10.1. The molecule has 0 atom stereocenters. The predicted molar refractivity (Wildman–Crippen MR) is 84.8 cm³/mol. The minimum Gasteiger partial charge on any atom is -0.497 e. The maximum atomic E-state index is 11.8. The Morgan fingerprint density at radius 3 is 2.43 bits per heavy atom. The first-order valence-corrected chi connectivity index (χ1v) is 7.72. The number of hydrogen-bond acceptors (Lipinski definition) is 2. The van der Waals surface area contributed by atoms with Gasteiger partial charge in [-0.15, -0.1) is 0 Å². The lowest BCUT2D eigenvalue weighted by Gasteiger charge is -2.17. The number of methoxy groups -OCH3 is 1. The second kappa shape index (κ2) is 6.83. The van der Waals surface area contributed by atoms with Crippen molar-refractivity contribution in [2.24, 2.45) is 5.92 Å². The van der Waals surface area contributed by atoms with Crippen molar-refractivity contribution in [3.8, 4) is 5.75 Å². The van der Waals surface area contributed by atoms with E-state index in [1.54, 1.807) is 7.11 Å². The Bertz CT molecular complexity index is 464. The zero-order valence-electron chi connectivity index (χ0n) is 13.2. The van der Waals surface area contributed by atoms with Crippen LogP contribution >= 0.6 is 0 Å². The van der Waals surface area contributed by atoms with Gasteiger partial charge in [0.2, 0.25) is 0 Å². The Morgan fingerprint density at radius 2 is 1.90 bits per heavy atom. The Labute approximate surface area is 127 Å². The second-order valence-electron chi connectivity index (χ2n) is 6.30. The lowest BCUT2D eigenvalue weighted by Crippen LogP contribution is -2.40. The van der Waals surface area contributed by atoms with Crippen LogP contribution in [0.2, 0.25) is 0 Å². The van der Waals surface area contributed by atoms with Crippen molar-refractivity contribution in [3.63, 3.8) is 0 Å². The highest BCUT2D eigenvalue weighted by atomic mass is 16.5. The second-order valence-corrected chi connectivity index (χ2v) is 6.30. The highest BCUT2D eigenvalue weighted by molar-refractivity contribution is 5.74. The smallest absolute Gasteiger partial charge is 0.314 e. The predicted octanol–water partition coefficient (Wildman–Crippen LogP) is 3.07. The van der Waals surface area contributed by atoms with E-state index >= 15 is 0 Å². The molecule has 1 saturated carbocycles. The number of urea groups is 1. The molecule has 0 unspecified atom stereocenters. The molecule has 4 heteroatoms. The molecule has 0 radical (unpaired) electrons. The van der Waals surface area contributed by atoms with E-state index in [1.807, 2.05) is 12.1 Å². The van der Waals surface area contributed by atoms with Crippen LogP contribution in [0.25, 0.3) is 0 Å². The number of hydrogen-bond donors (Lipinski definition) is 2. The van der Waals surface area contributed by atoms with E-state index in [4.69, 9.17) is 4.74 Å². The third-order valence-corrected chi connectivity index (χ3v) is 4.15. The summed E-state index contributed by atoms with van der Waals surface area (Å²) < 4.78 is 5.18. The van der Waals surface area contributed by atoms with Crippen LogP contribution in [0.15, 0.2) is 24.3 Å². The number of carbonyl (C=O) groups is 1. The van der Waals surface area contributed by atoms with Crippen LogP contribution in [-0.4, -0.2) is 26.2 Å². The van der Waals surface area contributed by atoms with Gasteiger partial charge in [-0.2, -0.15) is 0 Å². The van der Waals surface area contributed by atoms with Gasteiger partial charge in [-0.1, -0.05) is 26.0 Å². The summed E-state index contributed by atoms with van der Waals surface area (Å²) in [6.45, 7) is 5.75. The minimum absolute atomic E-state index is 0.0598. The van der Waals surface area contributed by atoms with Crippen molar-refractivity contribution in [2.75, 3.05) is 20.2 Å². The maximum Gasteiger partial charge on any atom is 0.314 e. The number of nitrogens with one attached hydrogen (secondary N) is 2. The molecule has 116 valence electrons. The number of amides is 2. The van der Waals surface area contributed by atoms with Crippen LogP contribution in [0, 0.1) is 5.92 Å². The molecule has 2 N–H and O–H groups in total. The lowest BCUT2D eigenvalue weighted by molar-refractivity contribution is 0.239. The maximum absolute atomic E-state index is 11.8. The molecule has 4 nitrogen and oxygen atoms in total. The molecule has 2 amide bonds. The zero-order valence-corrected chi connectivity index (χ0v) is 13.2. The summed E-state index contributed by atoms with van der Waals surface area (Å²) in [5.41, 5.74) is 1.41. The third kappa shape index (κ3) is 4.38. The highest BCUT2D eigenvalue weighted by Gasteiger charge is 2.44. The van der Waals surface area contributed by atoms with E-state index in [-0.39, 0.29) is 11.4 Å². The highest BCUT2D eigenvalue weighted by Crippen LogP contribution is 2.47. The molecule has 0 aliphatic heterocycles. The Morgan fingerprint density at radius 1 is 1.24 bits per heavy atom. The molecule has 0 heterocycles. The van der Waals surface area contributed by atoms with Gasteiger partial charge in [-0.25, -0.2) is 4.79 Å². The summed E-state index contributed by atoms with van der Waals surface area (Å²) in [5, 5.41) is 5.92. The van der Waals surface area contributed by atoms with Gasteiger partial charge in [0, 0.05) is 18.5 Å². The fraction of sp³-hybridized carbons (Fsp3) is 0.588. The molecule has 1 aromatic carbocycles. The molecular formula is C17H26N2O2. The van der Waals surface area contributed by atoms with Crippen LogP contribution in [0.1, 0.15) is 38.7 Å². The van der Waals surface area contributed by atoms with E-state index in [0.717, 1.165) is 31.6 Å². The first kappa shape index (κ1) is 15.7. The zero-order chi connectivity index (χ0) is 15.3. The average Bonchev–Trinajstić information content (AvgIpc) is 3.26. The molecule has 1 aromatic rings. The molecule has 1 fully saturated rings. The van der Waals surface area contributed by atoms with Crippen LogP contribution in [0.4, 0.5) is 4.79 Å². The van der Waals surface area contributed by atoms with Crippen molar-refractivity contribution in [3.05, 3.63) is 29.8 Å². The van der Waals surface area contributed by atoms with E-state index in [1.165, 1.54) is 5.56 Å². The minimum atomic E-state index is -0.0598. The SMILES string of the molecule is COc1ccc(C2(CNC(=O)NCCC(C)C)CC2)cc1. The van der Waals surface area contributed by atoms with E-state index in [0.29, 0.717) is 12.5 Å². The molecule has 0 aromatic heterocycles. The van der Waals surface area contributed by atoms with E-state index in [9.17, 15) is 4.79 Å². The van der Waals surface area contributed by atoms with Gasteiger partial charge in [0.15, 0.2) is 0 Å². The van der Waals surface area contributed by atoms with Gasteiger partial charge in [0.25, 0.3) is 0 Å². The standard InChI is InChI=1S/C17H26N2O2/c1-13(2)8-11-18-16(20)19-12-17(9-10-17)14-4-6-15(21-3)7-5-14/h4-7,13H,8-12H2,1-3H3,(H2,18,19,20). The summed E-state index contributed by atoms with van der Waals surface area (Å²) >= 11 is 0. The topological polar surface area (TPSA) is 50.4 Å². The third-order valence-electron chi connectivity index (χ3n) is 4.15. The number of benzene rings is 1. The van der Waals surface area contributed by atoms with Gasteiger partial charge in [0.1, 0.15) is 5.75 Å². The van der Waals surface area contributed by atoms with Crippen molar-refractivity contribution in [2.45, 2.75) is 38.5 Å². The van der Waals surface area contributed by atoms with Gasteiger partial charge < -0.3 is 15.4 Å². The summed E-state index contributed by atoms with van der Waals surface area (Å²) in [7, 11) is 1.67. The van der Waals surface area contributed by atoms with Crippen molar-refractivity contribution in [1.82, 2.24) is 10.6 Å². The molecule has 1 aliphatic carbocycles. The average molecular weight is 290 g/mol. The first-order valence-electron chi connectivity index (χ1n) is 7.72. The normalized spacial score (nSPS) is 15.6. The number of rotatable bonds is 7. The van der Waals surface area contributed by atoms with Crippen LogP contribution < -0.4 is 15.4 Å². The Hall–Kier alpha value is -1.71. The number of ether oxygens (including phenoxy) is 1. The monoisotopic (exact) mass is 290 g/mol. The van der Waals surface area contributed by atoms with Gasteiger partial charge in [0.05, 0.1) is 7.11 Å². The van der Waals surface area contributed by atoms with Crippen LogP contribution in [-0.2, 0) is 5.41 Å². The molecule has 1 aliphatic rings. The number of carbonyl (C=O) groups excluding carboxylic acids is 1. The fourth-order valence-corrected chi connectivity index (χ4v) is 2.45. The molecular weight excluding hydrogens is 264 g/mol. The molecule has 0 saturated heterocycles. The fourth-order valence-electron chi connectivity index (χ4n) is 2.45. The van der Waals surface area contributed by atoms with Gasteiger partial charge >= 0.3 is 6.03 Å². The van der Waals surface area contributed by atoms with Crippen LogP contribution in [0.3, 0.4) is 0 Å².